The van der Waals surface area contributed by atoms with Crippen molar-refractivity contribution in [3.8, 4) is 0 Å². The van der Waals surface area contributed by atoms with Crippen LogP contribution in [0.3, 0.4) is 0 Å². The third-order valence-corrected chi connectivity index (χ3v) is 3.75. The molecule has 1 fully saturated rings. The molecule has 1 N–H and O–H groups in total. The maximum atomic E-state index is 12.7. The van der Waals surface area contributed by atoms with Gasteiger partial charge in [-0.15, -0.1) is 0 Å². The third kappa shape index (κ3) is 3.02. The molecule has 1 saturated heterocycles. The second-order valence-electron chi connectivity index (χ2n) is 5.19. The Kier molecular flexibility index (Phi) is 5.15. The zero-order chi connectivity index (χ0) is 14.5. The zero-order valence-corrected chi connectivity index (χ0v) is 12.5. The van der Waals surface area contributed by atoms with Crippen LogP contribution in [0.15, 0.2) is 30.3 Å². The standard InChI is InChI=1S/C16H24N2O2/c1-4-14-17-15(13-9-7-6-8-10-13)16(19)18(14)12(3)11-20-5-2/h6-10,12,14-15,17H,4-5,11H2,1-3H3. The molecule has 2 rings (SSSR count). The van der Waals surface area contributed by atoms with E-state index in [2.05, 4.69) is 12.2 Å². The average Bonchev–Trinajstić information content (AvgIpc) is 2.82. The van der Waals surface area contributed by atoms with Gasteiger partial charge in [0.1, 0.15) is 6.04 Å². The van der Waals surface area contributed by atoms with Gasteiger partial charge >= 0.3 is 0 Å². The van der Waals surface area contributed by atoms with Crippen LogP contribution in [0.2, 0.25) is 0 Å². The number of nitrogens with one attached hydrogen (secondary N) is 1. The molecule has 1 aromatic rings. The molecule has 3 atom stereocenters. The molecule has 0 bridgehead atoms. The summed E-state index contributed by atoms with van der Waals surface area (Å²) in [5.41, 5.74) is 1.03. The number of rotatable bonds is 6. The van der Waals surface area contributed by atoms with Crippen molar-refractivity contribution < 1.29 is 9.53 Å². The van der Waals surface area contributed by atoms with Crippen LogP contribution in [0.1, 0.15) is 38.8 Å². The fourth-order valence-corrected chi connectivity index (χ4v) is 2.74. The van der Waals surface area contributed by atoms with E-state index in [4.69, 9.17) is 4.74 Å². The summed E-state index contributed by atoms with van der Waals surface area (Å²) in [4.78, 5) is 14.6. The Labute approximate surface area is 121 Å². The molecule has 4 nitrogen and oxygen atoms in total. The van der Waals surface area contributed by atoms with Gasteiger partial charge in [-0.05, 0) is 25.8 Å². The largest absolute Gasteiger partial charge is 0.380 e. The van der Waals surface area contributed by atoms with Crippen molar-refractivity contribution in [2.45, 2.75) is 45.4 Å². The number of benzene rings is 1. The lowest BCUT2D eigenvalue weighted by atomic mass is 10.1. The molecule has 3 unspecified atom stereocenters. The van der Waals surface area contributed by atoms with Crippen LogP contribution in [0.5, 0.6) is 0 Å². The highest BCUT2D eigenvalue weighted by Crippen LogP contribution is 2.27. The van der Waals surface area contributed by atoms with Crippen molar-refractivity contribution >= 4 is 5.91 Å². The van der Waals surface area contributed by atoms with Crippen molar-refractivity contribution in [2.75, 3.05) is 13.2 Å². The molecule has 0 aliphatic carbocycles. The van der Waals surface area contributed by atoms with Crippen LogP contribution >= 0.6 is 0 Å². The molecule has 110 valence electrons. The third-order valence-electron chi connectivity index (χ3n) is 3.75. The minimum absolute atomic E-state index is 0.0863. The minimum atomic E-state index is -0.231. The van der Waals surface area contributed by atoms with Crippen LogP contribution in [0.25, 0.3) is 0 Å². The van der Waals surface area contributed by atoms with Crippen LogP contribution < -0.4 is 5.32 Å². The maximum Gasteiger partial charge on any atom is 0.245 e. The number of carbonyl (C=O) groups excluding carboxylic acids is 1. The smallest absolute Gasteiger partial charge is 0.245 e. The van der Waals surface area contributed by atoms with Gasteiger partial charge in [0.2, 0.25) is 5.91 Å². The molecule has 1 aromatic carbocycles. The summed E-state index contributed by atoms with van der Waals surface area (Å²) in [6.45, 7) is 7.38. The van der Waals surface area contributed by atoms with E-state index in [1.54, 1.807) is 0 Å². The van der Waals surface area contributed by atoms with Gasteiger partial charge in [-0.3, -0.25) is 10.1 Å². The fraction of sp³-hybridized carbons (Fsp3) is 0.562. The van der Waals surface area contributed by atoms with Gasteiger partial charge in [0, 0.05) is 6.61 Å². The monoisotopic (exact) mass is 276 g/mol. The van der Waals surface area contributed by atoms with E-state index >= 15 is 0 Å². The Morgan fingerprint density at radius 1 is 1.30 bits per heavy atom. The summed E-state index contributed by atoms with van der Waals surface area (Å²) in [5, 5.41) is 3.43. The summed E-state index contributed by atoms with van der Waals surface area (Å²) in [6.07, 6.45) is 0.981. The van der Waals surface area contributed by atoms with Gasteiger partial charge in [-0.2, -0.15) is 0 Å². The van der Waals surface area contributed by atoms with E-state index in [1.807, 2.05) is 49.1 Å². The number of amides is 1. The maximum absolute atomic E-state index is 12.7. The van der Waals surface area contributed by atoms with Crippen molar-refractivity contribution in [1.29, 1.82) is 0 Å². The predicted octanol–water partition coefficient (Wildman–Crippen LogP) is 2.32. The first-order valence-corrected chi connectivity index (χ1v) is 7.39. The van der Waals surface area contributed by atoms with E-state index in [1.165, 1.54) is 0 Å². The summed E-state index contributed by atoms with van der Waals surface area (Å²) < 4.78 is 5.47. The van der Waals surface area contributed by atoms with Gasteiger partial charge in [0.15, 0.2) is 0 Å². The highest BCUT2D eigenvalue weighted by molar-refractivity contribution is 5.86. The van der Waals surface area contributed by atoms with E-state index in [0.29, 0.717) is 13.2 Å². The van der Waals surface area contributed by atoms with Crippen molar-refractivity contribution in [3.63, 3.8) is 0 Å². The lowest BCUT2D eigenvalue weighted by Gasteiger charge is -2.29. The molecule has 20 heavy (non-hydrogen) atoms. The number of carbonyl (C=O) groups is 1. The molecular formula is C16H24N2O2. The minimum Gasteiger partial charge on any atom is -0.380 e. The Hall–Kier alpha value is -1.39. The fourth-order valence-electron chi connectivity index (χ4n) is 2.74. The van der Waals surface area contributed by atoms with E-state index in [-0.39, 0.29) is 24.2 Å². The van der Waals surface area contributed by atoms with Crippen LogP contribution in [-0.2, 0) is 9.53 Å². The molecule has 0 spiro atoms. The lowest BCUT2D eigenvalue weighted by Crippen LogP contribution is -2.45. The summed E-state index contributed by atoms with van der Waals surface area (Å²) >= 11 is 0. The Balaban J connectivity index is 2.15. The summed E-state index contributed by atoms with van der Waals surface area (Å²) in [5.74, 6) is 0.148. The molecule has 0 aromatic heterocycles. The van der Waals surface area contributed by atoms with Gasteiger partial charge in [0.25, 0.3) is 0 Å². The van der Waals surface area contributed by atoms with Crippen molar-refractivity contribution in [2.24, 2.45) is 0 Å². The van der Waals surface area contributed by atoms with Crippen LogP contribution in [0, 0.1) is 0 Å². The predicted molar refractivity (Wildman–Crippen MR) is 79.2 cm³/mol. The normalized spacial score (nSPS) is 24.1. The Bertz CT molecular complexity index is 435. The Morgan fingerprint density at radius 3 is 2.60 bits per heavy atom. The second kappa shape index (κ2) is 6.86. The highest BCUT2D eigenvalue weighted by Gasteiger charge is 2.40. The van der Waals surface area contributed by atoms with Crippen LogP contribution in [0.4, 0.5) is 0 Å². The second-order valence-corrected chi connectivity index (χ2v) is 5.19. The number of hydrogen-bond donors (Lipinski definition) is 1. The summed E-state index contributed by atoms with van der Waals surface area (Å²) in [6, 6.07) is 9.77. The van der Waals surface area contributed by atoms with Crippen LogP contribution in [-0.4, -0.2) is 36.2 Å². The molecule has 0 saturated carbocycles. The quantitative estimate of drug-likeness (QED) is 0.867. The number of hydrogen-bond acceptors (Lipinski definition) is 3. The van der Waals surface area contributed by atoms with Crippen molar-refractivity contribution in [1.82, 2.24) is 10.2 Å². The van der Waals surface area contributed by atoms with E-state index in [0.717, 1.165) is 12.0 Å². The lowest BCUT2D eigenvalue weighted by molar-refractivity contribution is -0.133. The SMILES string of the molecule is CCOCC(C)N1C(=O)C(c2ccccc2)NC1CC. The molecule has 1 aliphatic heterocycles. The van der Waals surface area contributed by atoms with Gasteiger partial charge in [0.05, 0.1) is 18.8 Å². The zero-order valence-electron chi connectivity index (χ0n) is 12.5. The van der Waals surface area contributed by atoms with Gasteiger partial charge in [-0.1, -0.05) is 37.3 Å². The molecule has 1 aliphatic rings. The highest BCUT2D eigenvalue weighted by atomic mass is 16.5. The summed E-state index contributed by atoms with van der Waals surface area (Å²) in [7, 11) is 0. The first-order chi connectivity index (χ1) is 9.69. The van der Waals surface area contributed by atoms with E-state index in [9.17, 15) is 4.79 Å². The Morgan fingerprint density at radius 2 is 2.00 bits per heavy atom. The molecular weight excluding hydrogens is 252 g/mol. The molecule has 0 radical (unpaired) electrons. The van der Waals surface area contributed by atoms with Gasteiger partial charge < -0.3 is 9.64 Å². The first-order valence-electron chi connectivity index (χ1n) is 7.39. The molecule has 4 heteroatoms. The van der Waals surface area contributed by atoms with E-state index < -0.39 is 0 Å². The number of nitrogens with zero attached hydrogens (tertiary/aromatic N) is 1. The molecule has 1 heterocycles. The van der Waals surface area contributed by atoms with Gasteiger partial charge in [-0.25, -0.2) is 0 Å². The molecule has 1 amide bonds. The average molecular weight is 276 g/mol. The number of ether oxygens (including phenoxy) is 1. The van der Waals surface area contributed by atoms with Crippen molar-refractivity contribution in [3.05, 3.63) is 35.9 Å². The first kappa shape index (κ1) is 15.0. The topological polar surface area (TPSA) is 41.6 Å².